The molecule has 2 aromatic carbocycles. The fourth-order valence-electron chi connectivity index (χ4n) is 5.37. The Balaban J connectivity index is 1.33. The highest BCUT2D eigenvalue weighted by Crippen LogP contribution is 2.46. The smallest absolute Gasteiger partial charge is 0.262 e. The van der Waals surface area contributed by atoms with Crippen molar-refractivity contribution in [2.24, 2.45) is 0 Å². The molecule has 0 fully saturated rings. The lowest BCUT2D eigenvalue weighted by atomic mass is 10.1. The molecule has 2 aliphatic rings. The molecular formula is C26H24Br8N2O5Si2. The molecule has 2 aromatic rings. The summed E-state index contributed by atoms with van der Waals surface area (Å²) in [6, 6.07) is 1.55. The molecule has 17 heteroatoms. The van der Waals surface area contributed by atoms with Crippen LogP contribution >= 0.6 is 127 Å². The Bertz CT molecular complexity index is 1390. The Morgan fingerprint density at radius 3 is 0.930 bits per heavy atom. The maximum Gasteiger partial charge on any atom is 0.262 e. The van der Waals surface area contributed by atoms with E-state index in [9.17, 15) is 19.2 Å². The molecule has 0 N–H and O–H groups in total. The standard InChI is InChI=1S/C26H24Br8N2O5Si2/c1-42(2,9-5-7-35-23(37)11-12(24(35)38)16(28)20(32)19(31)15(11)27)41-43(3,4)10-6-8-36-25(39)13-14(26(36)40)18(30)22(34)21(33)17(13)29/h5-10H2,1-4H3. The highest BCUT2D eigenvalue weighted by molar-refractivity contribution is 9.15. The van der Waals surface area contributed by atoms with E-state index in [-0.39, 0.29) is 23.6 Å². The van der Waals surface area contributed by atoms with E-state index in [1.165, 1.54) is 9.80 Å². The topological polar surface area (TPSA) is 84.0 Å². The van der Waals surface area contributed by atoms with Gasteiger partial charge >= 0.3 is 0 Å². The van der Waals surface area contributed by atoms with E-state index in [4.69, 9.17) is 4.12 Å². The Kier molecular flexibility index (Phi) is 11.8. The summed E-state index contributed by atoms with van der Waals surface area (Å²) in [5.74, 6) is -1.27. The van der Waals surface area contributed by atoms with E-state index in [1.807, 2.05) is 0 Å². The Morgan fingerprint density at radius 2 is 0.698 bits per heavy atom. The Labute approximate surface area is 319 Å². The van der Waals surface area contributed by atoms with E-state index >= 15 is 0 Å². The van der Waals surface area contributed by atoms with Crippen LogP contribution in [0.4, 0.5) is 0 Å². The number of carbonyl (C=O) groups excluding carboxylic acids is 4. The molecule has 4 rings (SSSR count). The molecule has 0 aliphatic carbocycles. The Hall–Kier alpha value is 0.954. The summed E-state index contributed by atoms with van der Waals surface area (Å²) in [5.41, 5.74) is 1.41. The van der Waals surface area contributed by atoms with Gasteiger partial charge in [-0.2, -0.15) is 0 Å². The quantitative estimate of drug-likeness (QED) is 0.102. The molecule has 0 aromatic heterocycles. The average Bonchev–Trinajstić information content (AvgIpc) is 3.31. The van der Waals surface area contributed by atoms with Crippen molar-refractivity contribution in [2.75, 3.05) is 13.1 Å². The summed E-state index contributed by atoms with van der Waals surface area (Å²) in [6.45, 7) is 9.22. The molecule has 0 radical (unpaired) electrons. The third-order valence-electron chi connectivity index (χ3n) is 7.24. The Morgan fingerprint density at radius 1 is 0.465 bits per heavy atom. The van der Waals surface area contributed by atoms with Gasteiger partial charge in [0, 0.05) is 48.9 Å². The van der Waals surface area contributed by atoms with Crippen LogP contribution in [-0.2, 0) is 4.12 Å². The number of rotatable bonds is 10. The monoisotopic (exact) mass is 1130 g/mol. The number of benzene rings is 2. The third-order valence-corrected chi connectivity index (χ3v) is 24.3. The first kappa shape index (κ1) is 36.8. The van der Waals surface area contributed by atoms with Gasteiger partial charge in [0.25, 0.3) is 23.6 Å². The molecule has 232 valence electrons. The summed E-state index contributed by atoms with van der Waals surface area (Å²) < 4.78 is 11.6. The maximum atomic E-state index is 13.2. The minimum Gasteiger partial charge on any atom is -0.455 e. The van der Waals surface area contributed by atoms with Crippen molar-refractivity contribution in [1.29, 1.82) is 0 Å². The van der Waals surface area contributed by atoms with Crippen molar-refractivity contribution in [2.45, 2.75) is 51.1 Å². The molecule has 2 aliphatic heterocycles. The van der Waals surface area contributed by atoms with Gasteiger partial charge in [0.2, 0.25) is 0 Å². The van der Waals surface area contributed by atoms with Crippen molar-refractivity contribution in [3.8, 4) is 0 Å². The van der Waals surface area contributed by atoms with Gasteiger partial charge in [-0.15, -0.1) is 0 Å². The lowest BCUT2D eigenvalue weighted by molar-refractivity contribution is 0.0638. The van der Waals surface area contributed by atoms with E-state index in [1.54, 1.807) is 0 Å². The van der Waals surface area contributed by atoms with Crippen LogP contribution in [-0.4, -0.2) is 63.2 Å². The van der Waals surface area contributed by atoms with Crippen LogP contribution in [0.3, 0.4) is 0 Å². The predicted octanol–water partition coefficient (Wildman–Crippen LogP) is 10.9. The van der Waals surface area contributed by atoms with Crippen LogP contribution in [0.25, 0.3) is 0 Å². The lowest BCUT2D eigenvalue weighted by Gasteiger charge is -2.34. The number of hydrogen-bond acceptors (Lipinski definition) is 5. The fraction of sp³-hybridized carbons (Fsp3) is 0.385. The number of amides is 4. The third kappa shape index (κ3) is 7.07. The SMILES string of the molecule is C[Si](C)(CCCN1C(=O)c2c(Br)c(Br)c(Br)c(Br)c2C1=O)O[Si](C)(C)CCCN1C(=O)c2c(Br)c(Br)c(Br)c(Br)c2C1=O. The predicted molar refractivity (Wildman–Crippen MR) is 200 cm³/mol. The zero-order chi connectivity index (χ0) is 32.3. The highest BCUT2D eigenvalue weighted by Gasteiger charge is 2.43. The van der Waals surface area contributed by atoms with Crippen LogP contribution in [0.1, 0.15) is 54.3 Å². The van der Waals surface area contributed by atoms with E-state index in [0.717, 1.165) is 12.1 Å². The second-order valence-electron chi connectivity index (χ2n) is 11.4. The maximum absolute atomic E-state index is 13.2. The number of hydrogen-bond donors (Lipinski definition) is 0. The van der Waals surface area contributed by atoms with Crippen molar-refractivity contribution in [3.63, 3.8) is 0 Å². The molecule has 7 nitrogen and oxygen atoms in total. The van der Waals surface area contributed by atoms with E-state index < -0.39 is 16.6 Å². The number of fused-ring (bicyclic) bond motifs is 2. The van der Waals surface area contributed by atoms with Gasteiger partial charge < -0.3 is 4.12 Å². The molecule has 4 amide bonds. The van der Waals surface area contributed by atoms with Crippen molar-refractivity contribution in [1.82, 2.24) is 9.80 Å². The van der Waals surface area contributed by atoms with Gasteiger partial charge in [-0.3, -0.25) is 29.0 Å². The van der Waals surface area contributed by atoms with Crippen LogP contribution in [0.2, 0.25) is 38.3 Å². The first-order valence-corrected chi connectivity index (χ1v) is 25.5. The first-order chi connectivity index (χ1) is 19.8. The van der Waals surface area contributed by atoms with Gasteiger partial charge in [-0.05, 0) is 179 Å². The summed E-state index contributed by atoms with van der Waals surface area (Å²) in [6.07, 6.45) is 1.27. The molecule has 43 heavy (non-hydrogen) atoms. The van der Waals surface area contributed by atoms with Crippen LogP contribution in [0.15, 0.2) is 35.8 Å². The number of halogens is 8. The lowest BCUT2D eigenvalue weighted by Crippen LogP contribution is -2.45. The fourth-order valence-corrected chi connectivity index (χ4v) is 19.1. The molecule has 2 heterocycles. The highest BCUT2D eigenvalue weighted by atomic mass is 79.9. The zero-order valence-corrected chi connectivity index (χ0v) is 37.9. The molecule has 0 saturated heterocycles. The minimum atomic E-state index is -2.15. The number of nitrogens with zero attached hydrogens (tertiary/aromatic N) is 2. The van der Waals surface area contributed by atoms with Gasteiger partial charge in [-0.1, -0.05) is 0 Å². The van der Waals surface area contributed by atoms with E-state index in [0.29, 0.717) is 84.0 Å². The minimum absolute atomic E-state index is 0.305. The van der Waals surface area contributed by atoms with Crippen LogP contribution in [0, 0.1) is 0 Å². The van der Waals surface area contributed by atoms with Gasteiger partial charge in [-0.25, -0.2) is 0 Å². The molecule has 0 bridgehead atoms. The van der Waals surface area contributed by atoms with Gasteiger partial charge in [0.1, 0.15) is 0 Å². The zero-order valence-electron chi connectivity index (χ0n) is 23.2. The van der Waals surface area contributed by atoms with Crippen LogP contribution in [0.5, 0.6) is 0 Å². The normalized spacial score (nSPS) is 15.3. The van der Waals surface area contributed by atoms with Crippen molar-refractivity contribution in [3.05, 3.63) is 58.0 Å². The molecule has 0 atom stereocenters. The average molecular weight is 1140 g/mol. The second kappa shape index (κ2) is 13.8. The van der Waals surface area contributed by atoms with Crippen LogP contribution < -0.4 is 0 Å². The first-order valence-electron chi connectivity index (χ1n) is 13.0. The summed E-state index contributed by atoms with van der Waals surface area (Å²) in [5, 5.41) is 0. The van der Waals surface area contributed by atoms with Crippen molar-refractivity contribution < 1.29 is 23.3 Å². The van der Waals surface area contributed by atoms with Crippen molar-refractivity contribution >= 4 is 168 Å². The van der Waals surface area contributed by atoms with E-state index in [2.05, 4.69) is 154 Å². The number of imide groups is 2. The van der Waals surface area contributed by atoms with Gasteiger partial charge in [0.15, 0.2) is 16.6 Å². The summed E-state index contributed by atoms with van der Waals surface area (Å²) in [7, 11) is -4.31. The molecule has 0 spiro atoms. The number of carbonyl (C=O) groups is 4. The summed E-state index contributed by atoms with van der Waals surface area (Å²) >= 11 is 27.7. The summed E-state index contributed by atoms with van der Waals surface area (Å²) in [4.78, 5) is 55.4. The molecular weight excluding hydrogens is 1120 g/mol. The molecule has 0 saturated carbocycles. The molecule has 0 unspecified atom stereocenters. The second-order valence-corrected chi connectivity index (χ2v) is 26.6. The van der Waals surface area contributed by atoms with Gasteiger partial charge in [0.05, 0.1) is 22.3 Å². The largest absolute Gasteiger partial charge is 0.455 e.